The largest absolute Gasteiger partial charge is 0.380 e. The van der Waals surface area contributed by atoms with Gasteiger partial charge < -0.3 is 20.7 Å². The van der Waals surface area contributed by atoms with Crippen molar-refractivity contribution in [2.45, 2.75) is 19.0 Å². The average Bonchev–Trinajstić information content (AvgIpc) is 2.99. The highest BCUT2D eigenvalue weighted by Crippen LogP contribution is 2.30. The van der Waals surface area contributed by atoms with E-state index in [4.69, 9.17) is 27.1 Å². The monoisotopic (exact) mass is 388 g/mol. The van der Waals surface area contributed by atoms with Crippen LogP contribution in [0.2, 0.25) is 5.02 Å². The second-order valence-electron chi connectivity index (χ2n) is 6.47. The van der Waals surface area contributed by atoms with Crippen molar-refractivity contribution in [3.05, 3.63) is 53.1 Å². The van der Waals surface area contributed by atoms with E-state index in [1.807, 2.05) is 31.2 Å². The van der Waals surface area contributed by atoms with Crippen LogP contribution >= 0.6 is 11.6 Å². The second kappa shape index (κ2) is 9.17. The highest BCUT2D eigenvalue weighted by molar-refractivity contribution is 6.30. The Hall–Kier alpha value is -2.15. The third-order valence-corrected chi connectivity index (χ3v) is 4.86. The molecule has 6 nitrogen and oxygen atoms in total. The van der Waals surface area contributed by atoms with Gasteiger partial charge in [0.1, 0.15) is 5.84 Å². The van der Waals surface area contributed by atoms with Crippen molar-refractivity contribution in [2.75, 3.05) is 32.8 Å². The van der Waals surface area contributed by atoms with E-state index in [0.29, 0.717) is 19.8 Å². The number of nitrogens with one attached hydrogen (secondary N) is 1. The number of aliphatic imine (C=N–C) groups is 1. The van der Waals surface area contributed by atoms with Gasteiger partial charge in [0.25, 0.3) is 0 Å². The summed E-state index contributed by atoms with van der Waals surface area (Å²) in [5, 5.41) is 3.78. The van der Waals surface area contributed by atoms with Crippen LogP contribution in [0.5, 0.6) is 0 Å². The number of hydrogen-bond acceptors (Lipinski definition) is 5. The topological polar surface area (TPSA) is 80.0 Å². The summed E-state index contributed by atoms with van der Waals surface area (Å²) in [5.74, 6) is 0.543. The zero-order valence-electron chi connectivity index (χ0n) is 15.4. The molecule has 1 aromatic carbocycles. The normalized spacial score (nSPS) is 21.0. The lowest BCUT2D eigenvalue weighted by Gasteiger charge is -2.30. The lowest BCUT2D eigenvalue weighted by Crippen LogP contribution is -2.45. The van der Waals surface area contributed by atoms with E-state index in [1.54, 1.807) is 0 Å². The maximum absolute atomic E-state index is 11.0. The zero-order chi connectivity index (χ0) is 19.2. The molecule has 1 aromatic rings. The van der Waals surface area contributed by atoms with Crippen LogP contribution in [0.3, 0.4) is 0 Å². The molecule has 0 bridgehead atoms. The van der Waals surface area contributed by atoms with Crippen LogP contribution in [-0.4, -0.2) is 61.6 Å². The Labute approximate surface area is 164 Å². The molecule has 2 aliphatic rings. The number of amidine groups is 1. The fourth-order valence-corrected chi connectivity index (χ4v) is 3.46. The van der Waals surface area contributed by atoms with Crippen molar-refractivity contribution >= 4 is 28.9 Å². The maximum atomic E-state index is 11.0. The molecule has 1 aliphatic heterocycles. The molecule has 0 saturated carbocycles. The third kappa shape index (κ3) is 4.97. The molecule has 0 aromatic heterocycles. The first kappa shape index (κ1) is 19.6. The SMILES string of the molecule is CCOCCN1C(CNCC(N)=O)=NC2C=CC(c3ccc(Cl)cc3)=CC21. The van der Waals surface area contributed by atoms with Gasteiger partial charge in [-0.15, -0.1) is 0 Å². The van der Waals surface area contributed by atoms with Crippen LogP contribution in [0.15, 0.2) is 47.5 Å². The Balaban J connectivity index is 1.76. The molecular weight excluding hydrogens is 364 g/mol. The van der Waals surface area contributed by atoms with E-state index < -0.39 is 0 Å². The van der Waals surface area contributed by atoms with Crippen molar-refractivity contribution in [2.24, 2.45) is 10.7 Å². The van der Waals surface area contributed by atoms with Crippen molar-refractivity contribution in [1.29, 1.82) is 0 Å². The van der Waals surface area contributed by atoms with Crippen LogP contribution in [0.4, 0.5) is 0 Å². The Morgan fingerprint density at radius 3 is 2.85 bits per heavy atom. The van der Waals surface area contributed by atoms with Gasteiger partial charge in [-0.05, 0) is 30.2 Å². The molecule has 1 heterocycles. The molecule has 2 atom stereocenters. The van der Waals surface area contributed by atoms with E-state index in [9.17, 15) is 4.79 Å². The minimum atomic E-state index is -0.378. The number of amides is 1. The Morgan fingerprint density at radius 2 is 2.15 bits per heavy atom. The van der Waals surface area contributed by atoms with Crippen molar-refractivity contribution < 1.29 is 9.53 Å². The number of fused-ring (bicyclic) bond motifs is 1. The Morgan fingerprint density at radius 1 is 1.37 bits per heavy atom. The minimum absolute atomic E-state index is 0.0630. The summed E-state index contributed by atoms with van der Waals surface area (Å²) in [4.78, 5) is 18.1. The first-order valence-electron chi connectivity index (χ1n) is 9.14. The number of nitrogens with two attached hydrogens (primary N) is 1. The molecule has 3 N–H and O–H groups in total. The van der Waals surface area contributed by atoms with Crippen LogP contribution in [0.25, 0.3) is 5.57 Å². The number of ether oxygens (including phenoxy) is 1. The molecule has 0 saturated heterocycles. The van der Waals surface area contributed by atoms with Gasteiger partial charge in [0.2, 0.25) is 5.91 Å². The first-order chi connectivity index (χ1) is 13.1. The number of halogens is 1. The third-order valence-electron chi connectivity index (χ3n) is 4.60. The first-order valence-corrected chi connectivity index (χ1v) is 9.52. The van der Waals surface area contributed by atoms with Crippen molar-refractivity contribution in [3.8, 4) is 0 Å². The summed E-state index contributed by atoms with van der Waals surface area (Å²) in [6.45, 7) is 4.67. The molecule has 27 heavy (non-hydrogen) atoms. The Bertz CT molecular complexity index is 758. The van der Waals surface area contributed by atoms with E-state index in [0.717, 1.165) is 28.5 Å². The molecule has 144 valence electrons. The number of carbonyl (C=O) groups excluding carboxylic acids is 1. The molecule has 0 fully saturated rings. The van der Waals surface area contributed by atoms with E-state index in [2.05, 4.69) is 28.4 Å². The van der Waals surface area contributed by atoms with Crippen LogP contribution in [-0.2, 0) is 9.53 Å². The van der Waals surface area contributed by atoms with Crippen LogP contribution in [0.1, 0.15) is 12.5 Å². The summed E-state index contributed by atoms with van der Waals surface area (Å²) < 4.78 is 5.55. The predicted octanol–water partition coefficient (Wildman–Crippen LogP) is 1.86. The molecule has 0 spiro atoms. The molecule has 1 amide bonds. The van der Waals surface area contributed by atoms with Gasteiger partial charge in [0.15, 0.2) is 0 Å². The summed E-state index contributed by atoms with van der Waals surface area (Å²) >= 11 is 6.01. The predicted molar refractivity (Wildman–Crippen MR) is 109 cm³/mol. The lowest BCUT2D eigenvalue weighted by atomic mass is 9.94. The molecule has 0 radical (unpaired) electrons. The zero-order valence-corrected chi connectivity index (χ0v) is 16.2. The highest BCUT2D eigenvalue weighted by atomic mass is 35.5. The minimum Gasteiger partial charge on any atom is -0.380 e. The number of primary amides is 1. The van der Waals surface area contributed by atoms with Crippen LogP contribution in [0, 0.1) is 0 Å². The summed E-state index contributed by atoms with van der Waals surface area (Å²) in [6, 6.07) is 8.03. The van der Waals surface area contributed by atoms with Gasteiger partial charge in [0.05, 0.1) is 31.8 Å². The summed E-state index contributed by atoms with van der Waals surface area (Å²) in [6.07, 6.45) is 6.47. The van der Waals surface area contributed by atoms with Gasteiger partial charge in [-0.2, -0.15) is 0 Å². The van der Waals surface area contributed by atoms with E-state index in [-0.39, 0.29) is 24.5 Å². The van der Waals surface area contributed by atoms with E-state index in [1.165, 1.54) is 0 Å². The molecule has 3 rings (SSSR count). The highest BCUT2D eigenvalue weighted by Gasteiger charge is 2.34. The van der Waals surface area contributed by atoms with Gasteiger partial charge in [-0.1, -0.05) is 42.0 Å². The fraction of sp³-hybridized carbons (Fsp3) is 0.400. The number of carbonyl (C=O) groups is 1. The fourth-order valence-electron chi connectivity index (χ4n) is 3.33. The molecule has 1 aliphatic carbocycles. The number of benzene rings is 1. The average molecular weight is 389 g/mol. The van der Waals surface area contributed by atoms with Gasteiger partial charge >= 0.3 is 0 Å². The van der Waals surface area contributed by atoms with Crippen molar-refractivity contribution in [3.63, 3.8) is 0 Å². The number of rotatable bonds is 9. The van der Waals surface area contributed by atoms with Crippen LogP contribution < -0.4 is 11.1 Å². The number of nitrogens with zero attached hydrogens (tertiary/aromatic N) is 2. The van der Waals surface area contributed by atoms with E-state index >= 15 is 0 Å². The van der Waals surface area contributed by atoms with Gasteiger partial charge in [-0.25, -0.2) is 0 Å². The summed E-state index contributed by atoms with van der Waals surface area (Å²) in [5.41, 5.74) is 7.49. The molecule has 7 heteroatoms. The number of allylic oxidation sites excluding steroid dienone is 2. The smallest absolute Gasteiger partial charge is 0.231 e. The maximum Gasteiger partial charge on any atom is 0.231 e. The molecule has 2 unspecified atom stereocenters. The van der Waals surface area contributed by atoms with Gasteiger partial charge in [-0.3, -0.25) is 9.79 Å². The Kier molecular flexibility index (Phi) is 6.66. The number of hydrogen-bond donors (Lipinski definition) is 2. The van der Waals surface area contributed by atoms with Gasteiger partial charge in [0, 0.05) is 18.2 Å². The lowest BCUT2D eigenvalue weighted by molar-refractivity contribution is -0.117. The van der Waals surface area contributed by atoms with Crippen molar-refractivity contribution in [1.82, 2.24) is 10.2 Å². The second-order valence-corrected chi connectivity index (χ2v) is 6.91. The molecular formula is C20H25ClN4O2. The quantitative estimate of drug-likeness (QED) is 0.633. The summed E-state index contributed by atoms with van der Waals surface area (Å²) in [7, 11) is 0. The standard InChI is InChI=1S/C20H25ClN4O2/c1-2-27-10-9-25-18-11-15(14-3-6-16(21)7-4-14)5-8-17(18)24-20(25)13-23-12-19(22)26/h3-8,11,17-18,23H,2,9-10,12-13H2,1H3,(H2,22,26).